The summed E-state index contributed by atoms with van der Waals surface area (Å²) in [5.41, 5.74) is 0.161. The molecule has 0 aromatic heterocycles. The normalized spacial score (nSPS) is 12.8. The van der Waals surface area contributed by atoms with Gasteiger partial charge >= 0.3 is 5.97 Å². The number of carboxylic acids is 1. The maximum Gasteiger partial charge on any atom is 0.335 e. The molecular formula is C14H22N2O6S. The van der Waals surface area contributed by atoms with Gasteiger partial charge in [-0.1, -0.05) is 0 Å². The summed E-state index contributed by atoms with van der Waals surface area (Å²) in [5, 5.41) is 20.8. The monoisotopic (exact) mass is 346 g/mol. The van der Waals surface area contributed by atoms with E-state index in [4.69, 9.17) is 14.9 Å². The van der Waals surface area contributed by atoms with Crippen LogP contribution < -0.4 is 10.0 Å². The maximum atomic E-state index is 12.4. The lowest BCUT2D eigenvalue weighted by atomic mass is 10.2. The lowest BCUT2D eigenvalue weighted by Crippen LogP contribution is -2.28. The van der Waals surface area contributed by atoms with Crippen LogP contribution in [-0.4, -0.2) is 57.5 Å². The molecule has 1 aromatic rings. The zero-order chi connectivity index (χ0) is 17.5. The Labute approximate surface area is 135 Å². The van der Waals surface area contributed by atoms with Crippen molar-refractivity contribution in [3.8, 4) is 0 Å². The molecule has 0 saturated carbocycles. The van der Waals surface area contributed by atoms with E-state index >= 15 is 0 Å². The summed E-state index contributed by atoms with van der Waals surface area (Å²) >= 11 is 0. The predicted molar refractivity (Wildman–Crippen MR) is 85.3 cm³/mol. The first kappa shape index (κ1) is 19.4. The summed E-state index contributed by atoms with van der Waals surface area (Å²) in [4.78, 5) is 10.9. The van der Waals surface area contributed by atoms with E-state index in [1.54, 1.807) is 0 Å². The molecule has 23 heavy (non-hydrogen) atoms. The Bertz CT molecular complexity index is 632. The molecule has 0 amide bonds. The molecule has 0 heterocycles. The van der Waals surface area contributed by atoms with Crippen LogP contribution in [0.2, 0.25) is 0 Å². The fourth-order valence-corrected chi connectivity index (χ4v) is 3.18. The molecule has 0 aliphatic carbocycles. The van der Waals surface area contributed by atoms with Gasteiger partial charge in [-0.05, 0) is 31.5 Å². The average Bonchev–Trinajstić information content (AvgIpc) is 2.47. The molecule has 130 valence electrons. The zero-order valence-corrected chi connectivity index (χ0v) is 13.9. The van der Waals surface area contributed by atoms with E-state index in [-0.39, 0.29) is 41.8 Å². The first-order valence-corrected chi connectivity index (χ1v) is 8.53. The van der Waals surface area contributed by atoms with E-state index in [0.717, 1.165) is 6.07 Å². The Balaban J connectivity index is 3.17. The summed E-state index contributed by atoms with van der Waals surface area (Å²) in [5.74, 6) is -1.21. The fourth-order valence-electron chi connectivity index (χ4n) is 1.92. The molecule has 9 heteroatoms. The van der Waals surface area contributed by atoms with Crippen LogP contribution in [0.15, 0.2) is 23.1 Å². The van der Waals surface area contributed by atoms with E-state index in [1.165, 1.54) is 19.2 Å². The second-order valence-corrected chi connectivity index (χ2v) is 6.73. The van der Waals surface area contributed by atoms with Crippen LogP contribution in [0.25, 0.3) is 0 Å². The van der Waals surface area contributed by atoms with Crippen LogP contribution >= 0.6 is 0 Å². The Morgan fingerprint density at radius 3 is 2.65 bits per heavy atom. The van der Waals surface area contributed by atoms with Gasteiger partial charge in [-0.2, -0.15) is 0 Å². The minimum atomic E-state index is -3.91. The van der Waals surface area contributed by atoms with Crippen molar-refractivity contribution in [1.29, 1.82) is 0 Å². The van der Waals surface area contributed by atoms with Gasteiger partial charge < -0.3 is 20.3 Å². The summed E-state index contributed by atoms with van der Waals surface area (Å²) in [6.45, 7) is 2.08. The Hall–Kier alpha value is -1.68. The van der Waals surface area contributed by atoms with Gasteiger partial charge in [-0.15, -0.1) is 0 Å². The fraction of sp³-hybridized carbons (Fsp3) is 0.500. The molecule has 1 aromatic carbocycles. The number of methoxy groups -OCH3 is 1. The molecule has 1 rings (SSSR count). The number of rotatable bonds is 10. The predicted octanol–water partition coefficient (Wildman–Crippen LogP) is 0.492. The third-order valence-electron chi connectivity index (χ3n) is 2.96. The number of hydrogen-bond donors (Lipinski definition) is 4. The Kier molecular flexibility index (Phi) is 7.43. The van der Waals surface area contributed by atoms with E-state index in [2.05, 4.69) is 10.0 Å². The minimum absolute atomic E-state index is 0.0587. The molecular weight excluding hydrogens is 324 g/mol. The second-order valence-electron chi connectivity index (χ2n) is 4.99. The molecule has 0 unspecified atom stereocenters. The number of aliphatic hydroxyl groups excluding tert-OH is 1. The number of sulfonamides is 1. The lowest BCUT2D eigenvalue weighted by molar-refractivity contribution is 0.0696. The first-order valence-electron chi connectivity index (χ1n) is 7.05. The van der Waals surface area contributed by atoms with Gasteiger partial charge in [0.05, 0.1) is 17.9 Å². The molecule has 0 radical (unpaired) electrons. The third kappa shape index (κ3) is 5.79. The highest BCUT2D eigenvalue weighted by molar-refractivity contribution is 7.89. The quantitative estimate of drug-likeness (QED) is 0.454. The lowest BCUT2D eigenvalue weighted by Gasteiger charge is -2.18. The van der Waals surface area contributed by atoms with Crippen molar-refractivity contribution in [2.45, 2.75) is 24.3 Å². The maximum absolute atomic E-state index is 12.4. The van der Waals surface area contributed by atoms with Gasteiger partial charge in [0, 0.05) is 26.3 Å². The zero-order valence-electron chi connectivity index (χ0n) is 13.1. The smallest absolute Gasteiger partial charge is 0.335 e. The number of hydrogen-bond acceptors (Lipinski definition) is 6. The van der Waals surface area contributed by atoms with E-state index in [1.807, 2.05) is 6.92 Å². The van der Waals surface area contributed by atoms with Crippen molar-refractivity contribution < 1.29 is 28.2 Å². The van der Waals surface area contributed by atoms with E-state index < -0.39 is 16.0 Å². The van der Waals surface area contributed by atoms with E-state index in [9.17, 15) is 13.2 Å². The van der Waals surface area contributed by atoms with E-state index in [0.29, 0.717) is 6.61 Å². The van der Waals surface area contributed by atoms with Crippen molar-refractivity contribution >= 4 is 21.7 Å². The van der Waals surface area contributed by atoms with Gasteiger partial charge in [0.15, 0.2) is 0 Å². The molecule has 0 aliphatic heterocycles. The topological polar surface area (TPSA) is 125 Å². The Morgan fingerprint density at radius 1 is 1.39 bits per heavy atom. The van der Waals surface area contributed by atoms with Gasteiger partial charge in [0.2, 0.25) is 10.0 Å². The Morgan fingerprint density at radius 2 is 2.09 bits per heavy atom. The van der Waals surface area contributed by atoms with Gasteiger partial charge in [0.25, 0.3) is 0 Å². The minimum Gasteiger partial charge on any atom is -0.478 e. The molecule has 4 N–H and O–H groups in total. The molecule has 0 aliphatic rings. The number of aliphatic hydroxyl groups is 1. The third-order valence-corrected chi connectivity index (χ3v) is 4.46. The highest BCUT2D eigenvalue weighted by Crippen LogP contribution is 2.24. The molecule has 0 bridgehead atoms. The van der Waals surface area contributed by atoms with Crippen molar-refractivity contribution in [2.75, 3.05) is 32.2 Å². The summed E-state index contributed by atoms with van der Waals surface area (Å²) in [6, 6.07) is 3.68. The summed E-state index contributed by atoms with van der Waals surface area (Å²) in [6.07, 6.45) is 0.265. The van der Waals surface area contributed by atoms with Crippen molar-refractivity contribution in [3.05, 3.63) is 23.8 Å². The summed E-state index contributed by atoms with van der Waals surface area (Å²) in [7, 11) is -2.38. The highest BCUT2D eigenvalue weighted by Gasteiger charge is 2.21. The molecule has 1 atom stereocenters. The van der Waals surface area contributed by atoms with Crippen molar-refractivity contribution in [1.82, 2.24) is 4.72 Å². The first-order chi connectivity index (χ1) is 10.8. The van der Waals surface area contributed by atoms with Crippen LogP contribution in [0.4, 0.5) is 5.69 Å². The number of benzene rings is 1. The second kappa shape index (κ2) is 8.82. The van der Waals surface area contributed by atoms with Gasteiger partial charge in [-0.3, -0.25) is 0 Å². The van der Waals surface area contributed by atoms with Gasteiger partial charge in [-0.25, -0.2) is 17.9 Å². The summed E-state index contributed by atoms with van der Waals surface area (Å²) < 4.78 is 32.1. The average molecular weight is 346 g/mol. The largest absolute Gasteiger partial charge is 0.478 e. The van der Waals surface area contributed by atoms with Crippen LogP contribution in [0, 0.1) is 0 Å². The van der Waals surface area contributed by atoms with Crippen LogP contribution in [-0.2, 0) is 14.8 Å². The number of aromatic carboxylic acids is 1. The van der Waals surface area contributed by atoms with Crippen LogP contribution in [0.1, 0.15) is 23.7 Å². The van der Waals surface area contributed by atoms with Gasteiger partial charge in [0.1, 0.15) is 4.90 Å². The number of ether oxygens (including phenoxy) is 1. The molecule has 8 nitrogen and oxygen atoms in total. The SMILES string of the molecule is COC[C@H](C)Nc1ccc(C(=O)O)cc1S(=O)(=O)NCCCO. The highest BCUT2D eigenvalue weighted by atomic mass is 32.2. The molecule has 0 fully saturated rings. The number of nitrogens with one attached hydrogen (secondary N) is 2. The van der Waals surface area contributed by atoms with Crippen LogP contribution in [0.3, 0.4) is 0 Å². The molecule has 0 saturated heterocycles. The standard InChI is InChI=1S/C14H22N2O6S/c1-10(9-22-2)16-12-5-4-11(14(18)19)8-13(12)23(20,21)15-6-3-7-17/h4-5,8,10,15-17H,3,6-7,9H2,1-2H3,(H,18,19)/t10-/m0/s1. The van der Waals surface area contributed by atoms with Crippen molar-refractivity contribution in [2.24, 2.45) is 0 Å². The number of carboxylic acid groups (broad SMARTS) is 1. The molecule has 0 spiro atoms. The number of carbonyl (C=O) groups is 1. The van der Waals surface area contributed by atoms with Crippen molar-refractivity contribution in [3.63, 3.8) is 0 Å². The van der Waals surface area contributed by atoms with Crippen LogP contribution in [0.5, 0.6) is 0 Å². The number of anilines is 1.